The van der Waals surface area contributed by atoms with Crippen molar-refractivity contribution < 1.29 is 21.7 Å². The zero-order valence-corrected chi connectivity index (χ0v) is 12.2. The minimum absolute atomic E-state index is 0. The first-order chi connectivity index (χ1) is 8.04. The van der Waals surface area contributed by atoms with Crippen LogP contribution in [-0.4, -0.2) is 12.1 Å². The van der Waals surface area contributed by atoms with Crippen LogP contribution < -0.4 is 21.7 Å². The SMILES string of the molecule is COc1cc(C)c(-[n+]2c[nH]c(C)c2C)c(C)c1.[Cl-]. The van der Waals surface area contributed by atoms with E-state index in [0.29, 0.717) is 0 Å². The van der Waals surface area contributed by atoms with E-state index in [4.69, 9.17) is 4.74 Å². The van der Waals surface area contributed by atoms with E-state index in [1.54, 1.807) is 7.11 Å². The van der Waals surface area contributed by atoms with E-state index in [1.165, 1.54) is 28.2 Å². The van der Waals surface area contributed by atoms with Gasteiger partial charge in [-0.05, 0) is 26.0 Å². The van der Waals surface area contributed by atoms with Gasteiger partial charge in [-0.15, -0.1) is 0 Å². The highest BCUT2D eigenvalue weighted by Crippen LogP contribution is 2.22. The van der Waals surface area contributed by atoms with Gasteiger partial charge in [0.05, 0.1) is 7.11 Å². The van der Waals surface area contributed by atoms with Crippen molar-refractivity contribution in [3.05, 3.63) is 41.0 Å². The summed E-state index contributed by atoms with van der Waals surface area (Å²) in [5, 5.41) is 0. The molecule has 0 fully saturated rings. The molecule has 0 aliphatic rings. The molecular formula is C14H19ClN2O. The number of hydrogen-bond acceptors (Lipinski definition) is 1. The van der Waals surface area contributed by atoms with Gasteiger partial charge in [0.15, 0.2) is 0 Å². The fourth-order valence-corrected chi connectivity index (χ4v) is 2.19. The van der Waals surface area contributed by atoms with Gasteiger partial charge in [0, 0.05) is 25.0 Å². The summed E-state index contributed by atoms with van der Waals surface area (Å²) in [7, 11) is 1.70. The molecule has 2 aromatic rings. The van der Waals surface area contributed by atoms with Crippen LogP contribution in [0, 0.1) is 27.7 Å². The molecule has 0 unspecified atom stereocenters. The lowest BCUT2D eigenvalue weighted by Crippen LogP contribution is -3.00. The summed E-state index contributed by atoms with van der Waals surface area (Å²) in [6, 6.07) is 4.13. The molecule has 1 heterocycles. The predicted molar refractivity (Wildman–Crippen MR) is 67.8 cm³/mol. The van der Waals surface area contributed by atoms with Crippen molar-refractivity contribution in [2.24, 2.45) is 0 Å². The molecule has 98 valence electrons. The van der Waals surface area contributed by atoms with Crippen LogP contribution in [0.15, 0.2) is 18.5 Å². The average Bonchev–Trinajstić information content (AvgIpc) is 2.60. The van der Waals surface area contributed by atoms with Gasteiger partial charge < -0.3 is 17.1 Å². The van der Waals surface area contributed by atoms with Crippen LogP contribution in [0.25, 0.3) is 5.69 Å². The van der Waals surface area contributed by atoms with E-state index in [-0.39, 0.29) is 12.4 Å². The molecule has 0 bridgehead atoms. The Morgan fingerprint density at radius 2 is 1.61 bits per heavy atom. The Balaban J connectivity index is 0.00000162. The van der Waals surface area contributed by atoms with Gasteiger partial charge in [0.1, 0.15) is 22.8 Å². The van der Waals surface area contributed by atoms with E-state index in [1.807, 2.05) is 6.33 Å². The summed E-state index contributed by atoms with van der Waals surface area (Å²) in [6.07, 6.45) is 2.01. The fraction of sp³-hybridized carbons (Fsp3) is 0.357. The Hall–Kier alpha value is -1.48. The first-order valence-electron chi connectivity index (χ1n) is 5.76. The maximum Gasteiger partial charge on any atom is 0.247 e. The van der Waals surface area contributed by atoms with Gasteiger partial charge in [-0.25, -0.2) is 4.98 Å². The summed E-state index contributed by atoms with van der Waals surface area (Å²) < 4.78 is 7.48. The Bertz CT molecular complexity index is 538. The number of H-pyrrole nitrogens is 1. The molecule has 18 heavy (non-hydrogen) atoms. The van der Waals surface area contributed by atoms with E-state index in [0.717, 1.165) is 5.75 Å². The smallest absolute Gasteiger partial charge is 0.247 e. The molecule has 1 N–H and O–H groups in total. The number of benzene rings is 1. The van der Waals surface area contributed by atoms with Crippen molar-refractivity contribution in [1.82, 2.24) is 4.98 Å². The Kier molecular flexibility index (Phi) is 4.41. The van der Waals surface area contributed by atoms with Crippen LogP contribution in [0.1, 0.15) is 22.5 Å². The highest BCUT2D eigenvalue weighted by atomic mass is 35.5. The highest BCUT2D eigenvalue weighted by Gasteiger charge is 2.17. The second-order valence-corrected chi connectivity index (χ2v) is 4.46. The second kappa shape index (κ2) is 5.44. The lowest BCUT2D eigenvalue weighted by Gasteiger charge is -2.09. The number of rotatable bonds is 2. The first-order valence-corrected chi connectivity index (χ1v) is 5.76. The maximum atomic E-state index is 5.29. The summed E-state index contributed by atoms with van der Waals surface area (Å²) in [6.45, 7) is 8.42. The lowest BCUT2D eigenvalue weighted by atomic mass is 10.1. The van der Waals surface area contributed by atoms with Crippen LogP contribution in [-0.2, 0) is 0 Å². The molecule has 0 radical (unpaired) electrons. The van der Waals surface area contributed by atoms with Crippen molar-refractivity contribution in [2.75, 3.05) is 7.11 Å². The summed E-state index contributed by atoms with van der Waals surface area (Å²) in [5.74, 6) is 0.911. The number of hydrogen-bond donors (Lipinski definition) is 1. The molecule has 1 aromatic carbocycles. The minimum atomic E-state index is 0. The third kappa shape index (κ3) is 2.36. The van der Waals surface area contributed by atoms with Crippen molar-refractivity contribution in [3.63, 3.8) is 0 Å². The number of ether oxygens (including phenoxy) is 1. The lowest BCUT2D eigenvalue weighted by molar-refractivity contribution is -0.602. The van der Waals surface area contributed by atoms with E-state index < -0.39 is 0 Å². The monoisotopic (exact) mass is 266 g/mol. The minimum Gasteiger partial charge on any atom is -1.00 e. The van der Waals surface area contributed by atoms with E-state index in [9.17, 15) is 0 Å². The number of aryl methyl sites for hydroxylation is 3. The van der Waals surface area contributed by atoms with Crippen LogP contribution >= 0.6 is 0 Å². The quantitative estimate of drug-likeness (QED) is 0.733. The van der Waals surface area contributed by atoms with Gasteiger partial charge in [-0.3, -0.25) is 0 Å². The molecule has 2 rings (SSSR count). The number of nitrogens with one attached hydrogen (secondary N) is 1. The van der Waals surface area contributed by atoms with E-state index >= 15 is 0 Å². The van der Waals surface area contributed by atoms with Crippen LogP contribution in [0.2, 0.25) is 0 Å². The standard InChI is InChI=1S/C14H18N2O.ClH/c1-9-6-13(17-5)7-10(2)14(9)16-8-15-11(3)12(16)4;/h6-8H,1-5H3;1H. The predicted octanol–water partition coefficient (Wildman–Crippen LogP) is -0.462. The van der Waals surface area contributed by atoms with Gasteiger partial charge in [0.2, 0.25) is 6.33 Å². The molecule has 3 nitrogen and oxygen atoms in total. The second-order valence-electron chi connectivity index (χ2n) is 4.46. The molecule has 4 heteroatoms. The molecule has 0 saturated heterocycles. The normalized spacial score (nSPS) is 10.1. The molecular weight excluding hydrogens is 248 g/mol. The zero-order chi connectivity index (χ0) is 12.6. The van der Waals surface area contributed by atoms with Gasteiger partial charge in [-0.1, -0.05) is 0 Å². The highest BCUT2D eigenvalue weighted by molar-refractivity contribution is 5.46. The Labute approximate surface area is 114 Å². The van der Waals surface area contributed by atoms with Crippen molar-refractivity contribution in [1.29, 1.82) is 0 Å². The fourth-order valence-electron chi connectivity index (χ4n) is 2.19. The van der Waals surface area contributed by atoms with Crippen molar-refractivity contribution >= 4 is 0 Å². The van der Waals surface area contributed by atoms with Crippen molar-refractivity contribution in [3.8, 4) is 11.4 Å². The number of imidazole rings is 1. The third-order valence-electron chi connectivity index (χ3n) is 3.26. The average molecular weight is 267 g/mol. The molecule has 0 spiro atoms. The summed E-state index contributed by atoms with van der Waals surface area (Å²) in [4.78, 5) is 3.25. The zero-order valence-electron chi connectivity index (χ0n) is 11.5. The number of nitrogens with zero attached hydrogens (tertiary/aromatic N) is 1. The molecule has 1 aromatic heterocycles. The topological polar surface area (TPSA) is 28.9 Å². The molecule has 0 saturated carbocycles. The summed E-state index contributed by atoms with van der Waals surface area (Å²) in [5.41, 5.74) is 6.09. The van der Waals surface area contributed by atoms with Gasteiger partial charge >= 0.3 is 0 Å². The first kappa shape index (κ1) is 14.6. The number of halogens is 1. The molecule has 0 aliphatic carbocycles. The van der Waals surface area contributed by atoms with E-state index in [2.05, 4.69) is 49.4 Å². The molecule has 0 aliphatic heterocycles. The van der Waals surface area contributed by atoms with Crippen LogP contribution in [0.3, 0.4) is 0 Å². The van der Waals surface area contributed by atoms with Gasteiger partial charge in [0.25, 0.3) is 0 Å². The van der Waals surface area contributed by atoms with Gasteiger partial charge in [-0.2, -0.15) is 4.57 Å². The third-order valence-corrected chi connectivity index (χ3v) is 3.26. The number of aromatic amines is 1. The Morgan fingerprint density at radius 1 is 1.06 bits per heavy atom. The molecule has 0 amide bonds. The van der Waals surface area contributed by atoms with Crippen LogP contribution in [0.4, 0.5) is 0 Å². The van der Waals surface area contributed by atoms with Crippen LogP contribution in [0.5, 0.6) is 5.75 Å². The number of aromatic nitrogens is 2. The molecule has 0 atom stereocenters. The van der Waals surface area contributed by atoms with Crippen molar-refractivity contribution in [2.45, 2.75) is 27.7 Å². The summed E-state index contributed by atoms with van der Waals surface area (Å²) >= 11 is 0. The Morgan fingerprint density at radius 3 is 2.00 bits per heavy atom. The largest absolute Gasteiger partial charge is 1.00 e. The number of methoxy groups -OCH3 is 1. The maximum absolute atomic E-state index is 5.29.